The van der Waals surface area contributed by atoms with E-state index in [9.17, 15) is 0 Å². The molecule has 3 heteroatoms. The summed E-state index contributed by atoms with van der Waals surface area (Å²) in [5.41, 5.74) is 0.167. The first-order chi connectivity index (χ1) is 7.34. The third-order valence-electron chi connectivity index (χ3n) is 2.28. The summed E-state index contributed by atoms with van der Waals surface area (Å²) in [7, 11) is 0. The van der Waals surface area contributed by atoms with Crippen LogP contribution in [0.4, 0.5) is 0 Å². The second-order valence-corrected chi connectivity index (χ2v) is 6.45. The molecule has 0 aliphatic rings. The molecule has 2 nitrogen and oxygen atoms in total. The summed E-state index contributed by atoms with van der Waals surface area (Å²) < 4.78 is 0. The molecule has 1 rings (SSSR count). The van der Waals surface area contributed by atoms with Gasteiger partial charge in [-0.25, -0.2) is 0 Å². The van der Waals surface area contributed by atoms with E-state index in [2.05, 4.69) is 58.1 Å². The van der Waals surface area contributed by atoms with Crippen molar-refractivity contribution in [3.63, 3.8) is 0 Å². The molecule has 0 aliphatic carbocycles. The van der Waals surface area contributed by atoms with Gasteiger partial charge in [0.2, 0.25) is 0 Å². The molecule has 0 radical (unpaired) electrons. The standard InChI is InChI=1S/C13H20N2S/c1-9(2)15-10(8-14)11-6-7-12(16-11)13(3,4)5/h6-7,9-10,15H,1-5H3. The largest absolute Gasteiger partial charge is 0.295 e. The fraction of sp³-hybridized carbons (Fsp3) is 0.615. The van der Waals surface area contributed by atoms with Gasteiger partial charge in [0, 0.05) is 15.8 Å². The zero-order valence-corrected chi connectivity index (χ0v) is 11.5. The van der Waals surface area contributed by atoms with Crippen LogP contribution in [-0.2, 0) is 5.41 Å². The van der Waals surface area contributed by atoms with Crippen LogP contribution in [-0.4, -0.2) is 6.04 Å². The highest BCUT2D eigenvalue weighted by molar-refractivity contribution is 7.12. The van der Waals surface area contributed by atoms with Crippen LogP contribution in [0.2, 0.25) is 0 Å². The Morgan fingerprint density at radius 1 is 1.31 bits per heavy atom. The van der Waals surface area contributed by atoms with Crippen LogP contribution < -0.4 is 5.32 Å². The summed E-state index contributed by atoms with van der Waals surface area (Å²) in [5, 5.41) is 12.4. The van der Waals surface area contributed by atoms with Crippen molar-refractivity contribution >= 4 is 11.3 Å². The van der Waals surface area contributed by atoms with Gasteiger partial charge in [-0.1, -0.05) is 20.8 Å². The first-order valence-corrected chi connectivity index (χ1v) is 6.42. The summed E-state index contributed by atoms with van der Waals surface area (Å²) in [4.78, 5) is 2.44. The maximum Gasteiger partial charge on any atom is 0.130 e. The normalized spacial score (nSPS) is 13.8. The SMILES string of the molecule is CC(C)NC(C#N)c1ccc(C(C)(C)C)s1. The van der Waals surface area contributed by atoms with Crippen molar-refractivity contribution < 1.29 is 0 Å². The highest BCUT2D eigenvalue weighted by Crippen LogP contribution is 2.32. The Kier molecular flexibility index (Phi) is 4.12. The minimum Gasteiger partial charge on any atom is -0.295 e. The molecule has 0 saturated heterocycles. The zero-order valence-electron chi connectivity index (χ0n) is 10.7. The van der Waals surface area contributed by atoms with Gasteiger partial charge < -0.3 is 0 Å². The number of rotatable bonds is 3. The van der Waals surface area contributed by atoms with Crippen LogP contribution in [0.3, 0.4) is 0 Å². The van der Waals surface area contributed by atoms with Crippen LogP contribution in [0.5, 0.6) is 0 Å². The van der Waals surface area contributed by atoms with Crippen molar-refractivity contribution in [1.29, 1.82) is 5.26 Å². The van der Waals surface area contributed by atoms with Gasteiger partial charge in [-0.05, 0) is 31.4 Å². The van der Waals surface area contributed by atoms with E-state index in [4.69, 9.17) is 5.26 Å². The lowest BCUT2D eigenvalue weighted by atomic mass is 9.95. The fourth-order valence-corrected chi connectivity index (χ4v) is 2.50. The van der Waals surface area contributed by atoms with E-state index >= 15 is 0 Å². The third kappa shape index (κ3) is 3.33. The summed E-state index contributed by atoms with van der Waals surface area (Å²) in [6, 6.07) is 6.65. The van der Waals surface area contributed by atoms with Crippen molar-refractivity contribution in [3.8, 4) is 6.07 Å². The third-order valence-corrected chi connectivity index (χ3v) is 3.86. The molecule has 1 aromatic heterocycles. The molecule has 0 amide bonds. The molecule has 88 valence electrons. The van der Waals surface area contributed by atoms with Crippen LogP contribution in [0.1, 0.15) is 50.4 Å². The molecule has 0 fully saturated rings. The molecule has 0 spiro atoms. The molecule has 1 unspecified atom stereocenters. The quantitative estimate of drug-likeness (QED) is 0.870. The van der Waals surface area contributed by atoms with Crippen molar-refractivity contribution in [2.45, 2.75) is 52.1 Å². The molecule has 1 aromatic rings. The minimum atomic E-state index is -0.180. The lowest BCUT2D eigenvalue weighted by Crippen LogP contribution is -2.26. The summed E-state index contributed by atoms with van der Waals surface area (Å²) in [6.45, 7) is 10.7. The summed E-state index contributed by atoms with van der Waals surface area (Å²) in [6.07, 6.45) is 0. The molecule has 0 aliphatic heterocycles. The number of thiophene rings is 1. The molecule has 1 heterocycles. The average Bonchev–Trinajstić information content (AvgIpc) is 2.61. The van der Waals surface area contributed by atoms with Gasteiger partial charge in [-0.3, -0.25) is 5.32 Å². The Morgan fingerprint density at radius 2 is 1.94 bits per heavy atom. The zero-order chi connectivity index (χ0) is 12.3. The van der Waals surface area contributed by atoms with Crippen LogP contribution in [0.25, 0.3) is 0 Å². The number of hydrogen-bond donors (Lipinski definition) is 1. The maximum atomic E-state index is 9.13. The van der Waals surface area contributed by atoms with E-state index in [1.54, 1.807) is 11.3 Å². The van der Waals surface area contributed by atoms with Crippen LogP contribution in [0.15, 0.2) is 12.1 Å². The Hall–Kier alpha value is -0.850. The second-order valence-electron chi connectivity index (χ2n) is 5.34. The highest BCUT2D eigenvalue weighted by atomic mass is 32.1. The Bertz CT molecular complexity index is 379. The molecule has 1 N–H and O–H groups in total. The van der Waals surface area contributed by atoms with Gasteiger partial charge in [-0.2, -0.15) is 5.26 Å². The van der Waals surface area contributed by atoms with Gasteiger partial charge in [-0.15, -0.1) is 11.3 Å². The smallest absolute Gasteiger partial charge is 0.130 e. The molecule has 0 saturated carbocycles. The van der Waals surface area contributed by atoms with Crippen molar-refractivity contribution in [2.24, 2.45) is 0 Å². The lowest BCUT2D eigenvalue weighted by molar-refractivity contribution is 0.551. The van der Waals surface area contributed by atoms with Gasteiger partial charge in [0.25, 0.3) is 0 Å². The van der Waals surface area contributed by atoms with Crippen molar-refractivity contribution in [2.75, 3.05) is 0 Å². The van der Waals surface area contributed by atoms with E-state index < -0.39 is 0 Å². The summed E-state index contributed by atoms with van der Waals surface area (Å²) in [5.74, 6) is 0. The van der Waals surface area contributed by atoms with E-state index in [0.717, 1.165) is 4.88 Å². The van der Waals surface area contributed by atoms with Gasteiger partial charge in [0.1, 0.15) is 6.04 Å². The van der Waals surface area contributed by atoms with Crippen molar-refractivity contribution in [3.05, 3.63) is 21.9 Å². The molecule has 1 atom stereocenters. The maximum absolute atomic E-state index is 9.13. The minimum absolute atomic E-state index is 0.167. The second kappa shape index (κ2) is 4.99. The van der Waals surface area contributed by atoms with E-state index in [-0.39, 0.29) is 11.5 Å². The van der Waals surface area contributed by atoms with Crippen molar-refractivity contribution in [1.82, 2.24) is 5.32 Å². The first kappa shape index (κ1) is 13.2. The summed E-state index contributed by atoms with van der Waals surface area (Å²) >= 11 is 1.73. The fourth-order valence-electron chi connectivity index (χ4n) is 1.43. The Balaban J connectivity index is 2.88. The lowest BCUT2D eigenvalue weighted by Gasteiger charge is -2.16. The number of nitrogens with zero attached hydrogens (tertiary/aromatic N) is 1. The van der Waals surface area contributed by atoms with Gasteiger partial charge in [0.05, 0.1) is 6.07 Å². The van der Waals surface area contributed by atoms with Crippen LogP contribution in [0, 0.1) is 11.3 Å². The predicted octanol–water partition coefficient (Wildman–Crippen LogP) is 3.61. The highest BCUT2D eigenvalue weighted by Gasteiger charge is 2.19. The molecular formula is C13H20N2S. The first-order valence-electron chi connectivity index (χ1n) is 5.60. The number of nitriles is 1. The van der Waals surface area contributed by atoms with E-state index in [1.165, 1.54) is 4.88 Å². The monoisotopic (exact) mass is 236 g/mol. The molecule has 0 aromatic carbocycles. The van der Waals surface area contributed by atoms with Crippen LogP contribution >= 0.6 is 11.3 Å². The number of nitrogens with one attached hydrogen (secondary N) is 1. The Labute approximate surface area is 102 Å². The van der Waals surface area contributed by atoms with Gasteiger partial charge >= 0.3 is 0 Å². The molecular weight excluding hydrogens is 216 g/mol. The molecule has 0 bridgehead atoms. The number of hydrogen-bond acceptors (Lipinski definition) is 3. The van der Waals surface area contributed by atoms with E-state index in [1.807, 2.05) is 0 Å². The van der Waals surface area contributed by atoms with E-state index in [0.29, 0.717) is 6.04 Å². The Morgan fingerprint density at radius 3 is 2.31 bits per heavy atom. The molecule has 16 heavy (non-hydrogen) atoms. The predicted molar refractivity (Wildman–Crippen MR) is 69.6 cm³/mol. The van der Waals surface area contributed by atoms with Gasteiger partial charge in [0.15, 0.2) is 0 Å². The average molecular weight is 236 g/mol. The topological polar surface area (TPSA) is 35.8 Å².